The van der Waals surface area contributed by atoms with Gasteiger partial charge in [0, 0.05) is 18.0 Å². The van der Waals surface area contributed by atoms with E-state index in [4.69, 9.17) is 19.9 Å². The molecule has 0 aliphatic heterocycles. The van der Waals surface area contributed by atoms with E-state index >= 15 is 0 Å². The molecule has 0 amide bonds. The van der Waals surface area contributed by atoms with E-state index in [1.807, 2.05) is 0 Å². The smallest absolute Gasteiger partial charge is 0.367 e. The Hall–Kier alpha value is -2.30. The fourth-order valence-corrected chi connectivity index (χ4v) is 2.06. The fraction of sp³-hybridized carbons (Fsp3) is 0.467. The zero-order chi connectivity index (χ0) is 18.8. The first-order valence-corrected chi connectivity index (χ1v) is 8.20. The van der Waals surface area contributed by atoms with Gasteiger partial charge in [-0.1, -0.05) is 13.5 Å². The number of carbonyl (C=O) groups excluding carboxylic acids is 3. The number of aromatic nitrogens is 1. The van der Waals surface area contributed by atoms with Crippen LogP contribution in [-0.2, 0) is 30.4 Å². The summed E-state index contributed by atoms with van der Waals surface area (Å²) >= 11 is 1.01. The number of nitrogens with zero attached hydrogens (tertiary/aromatic N) is 1. The Labute approximate surface area is 148 Å². The van der Waals surface area contributed by atoms with Gasteiger partial charge in [-0.2, -0.15) is 0 Å². The Balaban J connectivity index is 2.36. The molecule has 0 saturated heterocycles. The molecular weight excluding hydrogens is 352 g/mol. The van der Waals surface area contributed by atoms with E-state index in [0.717, 1.165) is 17.4 Å². The maximum Gasteiger partial charge on any atom is 0.367 e. The molecule has 1 aromatic heterocycles. The largest absolute Gasteiger partial charge is 0.463 e. The minimum Gasteiger partial charge on any atom is -0.463 e. The molecule has 0 aliphatic carbocycles. The lowest BCUT2D eigenvalue weighted by molar-refractivity contribution is -0.151. The normalized spacial score (nSPS) is 12.8. The first-order valence-electron chi connectivity index (χ1n) is 7.32. The number of hydrogen-bond donors (Lipinski definition) is 2. The molecule has 2 atom stereocenters. The molecule has 0 spiro atoms. The predicted molar refractivity (Wildman–Crippen MR) is 87.6 cm³/mol. The Kier molecular flexibility index (Phi) is 8.75. The number of hydrogen-bond acceptors (Lipinski definition) is 10. The van der Waals surface area contributed by atoms with Gasteiger partial charge in [0.25, 0.3) is 0 Å². The topological polar surface area (TPSA) is 138 Å². The average Bonchev–Trinajstić information content (AvgIpc) is 3.10. The van der Waals surface area contributed by atoms with Crippen LogP contribution in [0, 0.1) is 5.92 Å². The molecule has 1 heterocycles. The van der Waals surface area contributed by atoms with Crippen LogP contribution in [0.4, 0.5) is 0 Å². The van der Waals surface area contributed by atoms with Crippen molar-refractivity contribution in [2.45, 2.75) is 19.6 Å². The zero-order valence-electron chi connectivity index (χ0n) is 13.7. The van der Waals surface area contributed by atoms with Crippen molar-refractivity contribution < 1.29 is 33.7 Å². The molecule has 1 aromatic rings. The van der Waals surface area contributed by atoms with Crippen LogP contribution in [-0.4, -0.2) is 53.9 Å². The maximum atomic E-state index is 11.8. The summed E-state index contributed by atoms with van der Waals surface area (Å²) in [6, 6.07) is 0. The third-order valence-electron chi connectivity index (χ3n) is 2.84. The van der Waals surface area contributed by atoms with Gasteiger partial charge in [-0.25, -0.2) is 14.6 Å². The number of aliphatic hydroxyl groups excluding tert-OH is 1. The summed E-state index contributed by atoms with van der Waals surface area (Å²) in [5, 5.41) is 11.2. The lowest BCUT2D eigenvalue weighted by Crippen LogP contribution is -2.29. The standard InChI is InChI=1S/C15H20N2O7S/c1-3-12(19)22-5-10-8-25-13(17-10)15(21)24-7-11(18)6-23-14(20)9(2)4-16/h3,8-9,11,18H,1,4-7,16H2,2H3. The lowest BCUT2D eigenvalue weighted by atomic mass is 10.2. The first-order chi connectivity index (χ1) is 11.9. The molecular formula is C15H20N2O7S. The van der Waals surface area contributed by atoms with Crippen molar-refractivity contribution in [1.29, 1.82) is 0 Å². The predicted octanol–water partition coefficient (Wildman–Crippen LogP) is 0.0280. The number of ether oxygens (including phenoxy) is 3. The maximum absolute atomic E-state index is 11.8. The summed E-state index contributed by atoms with van der Waals surface area (Å²) in [5.41, 5.74) is 5.71. The van der Waals surface area contributed by atoms with Crippen LogP contribution in [0.3, 0.4) is 0 Å². The van der Waals surface area contributed by atoms with Gasteiger partial charge in [0.05, 0.1) is 11.6 Å². The highest BCUT2D eigenvalue weighted by Gasteiger charge is 2.18. The van der Waals surface area contributed by atoms with Crippen LogP contribution < -0.4 is 5.73 Å². The van der Waals surface area contributed by atoms with Gasteiger partial charge in [-0.05, 0) is 0 Å². The summed E-state index contributed by atoms with van der Waals surface area (Å²) in [4.78, 5) is 38.1. The fourth-order valence-electron chi connectivity index (χ4n) is 1.37. The SMILES string of the molecule is C=CC(=O)OCc1csc(C(=O)OCC(O)COC(=O)C(C)CN)n1. The van der Waals surface area contributed by atoms with Gasteiger partial charge in [0.1, 0.15) is 25.9 Å². The summed E-state index contributed by atoms with van der Waals surface area (Å²) in [6.45, 7) is 4.24. The molecule has 0 fully saturated rings. The molecule has 3 N–H and O–H groups in total. The Bertz CT molecular complexity index is 617. The second kappa shape index (κ2) is 10.5. The molecule has 2 unspecified atom stereocenters. The van der Waals surface area contributed by atoms with E-state index in [0.29, 0.717) is 5.69 Å². The molecule has 10 heteroatoms. The van der Waals surface area contributed by atoms with Crippen LogP contribution in [0.1, 0.15) is 22.4 Å². The van der Waals surface area contributed by atoms with Gasteiger partial charge < -0.3 is 25.1 Å². The van der Waals surface area contributed by atoms with Crippen molar-refractivity contribution in [2.75, 3.05) is 19.8 Å². The molecule has 0 radical (unpaired) electrons. The Morgan fingerprint density at radius 3 is 2.68 bits per heavy atom. The van der Waals surface area contributed by atoms with Crippen molar-refractivity contribution in [3.8, 4) is 0 Å². The highest BCUT2D eigenvalue weighted by atomic mass is 32.1. The first kappa shape index (κ1) is 20.7. The van der Waals surface area contributed by atoms with Crippen LogP contribution in [0.15, 0.2) is 18.0 Å². The molecule has 9 nitrogen and oxygen atoms in total. The number of esters is 3. The second-order valence-corrected chi connectivity index (χ2v) is 5.83. The molecule has 1 rings (SSSR count). The van der Waals surface area contributed by atoms with Crippen molar-refractivity contribution in [3.63, 3.8) is 0 Å². The second-order valence-electron chi connectivity index (χ2n) is 4.97. The lowest BCUT2D eigenvalue weighted by Gasteiger charge is -2.13. The van der Waals surface area contributed by atoms with Gasteiger partial charge >= 0.3 is 17.9 Å². The van der Waals surface area contributed by atoms with Crippen molar-refractivity contribution in [1.82, 2.24) is 4.98 Å². The van der Waals surface area contributed by atoms with Crippen LogP contribution in [0.5, 0.6) is 0 Å². The third kappa shape index (κ3) is 7.42. The van der Waals surface area contributed by atoms with E-state index in [1.165, 1.54) is 0 Å². The summed E-state index contributed by atoms with van der Waals surface area (Å²) in [7, 11) is 0. The number of nitrogens with two attached hydrogens (primary N) is 1. The van der Waals surface area contributed by atoms with E-state index in [2.05, 4.69) is 11.6 Å². The zero-order valence-corrected chi connectivity index (χ0v) is 14.5. The van der Waals surface area contributed by atoms with Crippen LogP contribution in [0.25, 0.3) is 0 Å². The van der Waals surface area contributed by atoms with Gasteiger partial charge in [0.15, 0.2) is 0 Å². The van der Waals surface area contributed by atoms with E-state index in [9.17, 15) is 19.5 Å². The molecule has 0 aromatic carbocycles. The molecule has 25 heavy (non-hydrogen) atoms. The van der Waals surface area contributed by atoms with Crippen molar-refractivity contribution >= 4 is 29.2 Å². The minimum atomic E-state index is -1.16. The van der Waals surface area contributed by atoms with E-state index < -0.39 is 29.9 Å². The summed E-state index contributed by atoms with van der Waals surface area (Å²) in [5.74, 6) is -2.35. The third-order valence-corrected chi connectivity index (χ3v) is 3.71. The average molecular weight is 372 g/mol. The number of aliphatic hydroxyl groups is 1. The monoisotopic (exact) mass is 372 g/mol. The van der Waals surface area contributed by atoms with E-state index in [1.54, 1.807) is 12.3 Å². The Morgan fingerprint density at radius 2 is 2.04 bits per heavy atom. The molecule has 0 bridgehead atoms. The molecule has 0 aliphatic rings. The molecule has 138 valence electrons. The number of carbonyl (C=O) groups is 3. The van der Waals surface area contributed by atoms with Crippen LogP contribution in [0.2, 0.25) is 0 Å². The van der Waals surface area contributed by atoms with Crippen LogP contribution >= 0.6 is 11.3 Å². The van der Waals surface area contributed by atoms with Gasteiger partial charge in [-0.15, -0.1) is 11.3 Å². The highest BCUT2D eigenvalue weighted by Crippen LogP contribution is 2.12. The molecule has 0 saturated carbocycles. The number of rotatable bonds is 10. The quantitative estimate of drug-likeness (QED) is 0.331. The van der Waals surface area contributed by atoms with E-state index in [-0.39, 0.29) is 31.4 Å². The summed E-state index contributed by atoms with van der Waals surface area (Å²) < 4.78 is 14.5. The summed E-state index contributed by atoms with van der Waals surface area (Å²) in [6.07, 6.45) is -0.143. The van der Waals surface area contributed by atoms with Crippen molar-refractivity contribution in [2.24, 2.45) is 11.7 Å². The van der Waals surface area contributed by atoms with Gasteiger partial charge in [-0.3, -0.25) is 4.79 Å². The minimum absolute atomic E-state index is 0.0469. The Morgan fingerprint density at radius 1 is 1.36 bits per heavy atom. The van der Waals surface area contributed by atoms with Gasteiger partial charge in [0.2, 0.25) is 5.01 Å². The highest BCUT2D eigenvalue weighted by molar-refractivity contribution is 7.11. The number of thiazole rings is 1. The van der Waals surface area contributed by atoms with Crippen molar-refractivity contribution in [3.05, 3.63) is 28.7 Å².